The van der Waals surface area contributed by atoms with Crippen molar-refractivity contribution in [2.45, 2.75) is 25.7 Å². The zero-order chi connectivity index (χ0) is 18.2. The summed E-state index contributed by atoms with van der Waals surface area (Å²) in [5.41, 5.74) is 0.656. The molecule has 1 aromatic rings. The fourth-order valence-corrected chi connectivity index (χ4v) is 4.12. The van der Waals surface area contributed by atoms with E-state index < -0.39 is 21.9 Å². The first-order valence-electron chi connectivity index (χ1n) is 7.85. The summed E-state index contributed by atoms with van der Waals surface area (Å²) in [6.07, 6.45) is 5.26. The molecule has 0 unspecified atom stereocenters. The third kappa shape index (κ3) is 3.69. The number of anilines is 1. The number of halogens is 2. The van der Waals surface area contributed by atoms with Crippen molar-refractivity contribution >= 4 is 39.1 Å². The summed E-state index contributed by atoms with van der Waals surface area (Å²) >= 11 is 5.70. The van der Waals surface area contributed by atoms with Gasteiger partial charge in [-0.3, -0.25) is 4.79 Å². The van der Waals surface area contributed by atoms with Crippen molar-refractivity contribution in [1.29, 1.82) is 0 Å². The lowest BCUT2D eigenvalue weighted by atomic mass is 10.0. The van der Waals surface area contributed by atoms with E-state index in [0.29, 0.717) is 5.71 Å². The van der Waals surface area contributed by atoms with Crippen LogP contribution in [0.4, 0.5) is 10.1 Å². The Labute approximate surface area is 150 Å². The molecule has 1 aliphatic carbocycles. The summed E-state index contributed by atoms with van der Waals surface area (Å²) in [5.74, 6) is -1.18. The van der Waals surface area contributed by atoms with Gasteiger partial charge in [0.2, 0.25) is 0 Å². The summed E-state index contributed by atoms with van der Waals surface area (Å²) < 4.78 is 42.4. The molecule has 1 aromatic carbocycles. The zero-order valence-electron chi connectivity index (χ0n) is 13.5. The molecular formula is C16H17ClFN3O3S. The second kappa shape index (κ2) is 6.76. The summed E-state index contributed by atoms with van der Waals surface area (Å²) in [6, 6.07) is 3.74. The number of likely N-dealkylation sites (N-methyl/N-ethyl adjacent to an activating group) is 1. The van der Waals surface area contributed by atoms with Gasteiger partial charge >= 0.3 is 10.2 Å². The standard InChI is InChI=1S/C16H17ClFN3O3S/c1-21-15(16(22)19-11-6-7-13(18)12(17)8-11)9-14(20-25(21,23)24)10-4-2-3-5-10/h6-10H,2-5H2,1H3,(H,19,22). The molecule has 0 spiro atoms. The van der Waals surface area contributed by atoms with Crippen LogP contribution in [0.25, 0.3) is 0 Å². The van der Waals surface area contributed by atoms with Crippen LogP contribution < -0.4 is 5.32 Å². The van der Waals surface area contributed by atoms with E-state index in [1.165, 1.54) is 25.3 Å². The maximum atomic E-state index is 13.2. The highest BCUT2D eigenvalue weighted by molar-refractivity contribution is 7.88. The minimum atomic E-state index is -3.94. The van der Waals surface area contributed by atoms with Crippen LogP contribution in [0.1, 0.15) is 25.7 Å². The Morgan fingerprint density at radius 2 is 2.04 bits per heavy atom. The molecule has 25 heavy (non-hydrogen) atoms. The molecule has 3 rings (SSSR count). The molecule has 0 aromatic heterocycles. The Hall–Kier alpha value is -1.93. The van der Waals surface area contributed by atoms with Crippen molar-refractivity contribution in [3.8, 4) is 0 Å². The van der Waals surface area contributed by atoms with Gasteiger partial charge in [-0.15, -0.1) is 4.40 Å². The Bertz CT molecular complexity index is 877. The van der Waals surface area contributed by atoms with Crippen molar-refractivity contribution < 1.29 is 17.6 Å². The second-order valence-corrected chi connectivity index (χ2v) is 8.09. The number of hydrogen-bond acceptors (Lipinski definition) is 3. The van der Waals surface area contributed by atoms with Gasteiger partial charge in [0.25, 0.3) is 5.91 Å². The summed E-state index contributed by atoms with van der Waals surface area (Å²) in [5, 5.41) is 2.40. The Kier molecular flexibility index (Phi) is 4.83. The van der Waals surface area contributed by atoms with E-state index in [-0.39, 0.29) is 22.3 Å². The first kappa shape index (κ1) is 17.9. The Balaban J connectivity index is 1.88. The average molecular weight is 386 g/mol. The smallest absolute Gasteiger partial charge is 0.321 e. The molecule has 1 fully saturated rings. The van der Waals surface area contributed by atoms with Gasteiger partial charge in [-0.1, -0.05) is 24.4 Å². The number of hydrogen-bond donors (Lipinski definition) is 1. The van der Waals surface area contributed by atoms with E-state index in [1.54, 1.807) is 0 Å². The first-order chi connectivity index (χ1) is 11.8. The monoisotopic (exact) mass is 385 g/mol. The van der Waals surface area contributed by atoms with Crippen LogP contribution in [0.15, 0.2) is 34.4 Å². The molecule has 1 amide bonds. The zero-order valence-corrected chi connectivity index (χ0v) is 15.1. The average Bonchev–Trinajstić information content (AvgIpc) is 3.07. The highest BCUT2D eigenvalue weighted by atomic mass is 35.5. The molecule has 1 saturated carbocycles. The van der Waals surface area contributed by atoms with Gasteiger partial charge in [0.1, 0.15) is 11.5 Å². The van der Waals surface area contributed by atoms with Gasteiger partial charge in [-0.05, 0) is 37.1 Å². The van der Waals surface area contributed by atoms with E-state index in [1.807, 2.05) is 0 Å². The molecule has 2 aliphatic rings. The molecule has 0 saturated heterocycles. The van der Waals surface area contributed by atoms with Crippen LogP contribution in [-0.4, -0.2) is 31.4 Å². The first-order valence-corrected chi connectivity index (χ1v) is 9.62. The quantitative estimate of drug-likeness (QED) is 0.868. The maximum absolute atomic E-state index is 13.2. The minimum absolute atomic E-state index is 0.0302. The highest BCUT2D eigenvalue weighted by Gasteiger charge is 2.33. The lowest BCUT2D eigenvalue weighted by Gasteiger charge is -2.25. The SMILES string of the molecule is CN1C(C(=O)Nc2ccc(F)c(Cl)c2)=CC(C2CCCC2)=NS1(=O)=O. The van der Waals surface area contributed by atoms with Crippen molar-refractivity contribution in [2.75, 3.05) is 12.4 Å². The second-order valence-electron chi connectivity index (χ2n) is 6.06. The number of amides is 1. The number of allylic oxidation sites excluding steroid dienone is 1. The van der Waals surface area contributed by atoms with Crippen molar-refractivity contribution in [3.05, 3.63) is 40.8 Å². The lowest BCUT2D eigenvalue weighted by Crippen LogP contribution is -2.36. The minimum Gasteiger partial charge on any atom is -0.321 e. The van der Waals surface area contributed by atoms with Crippen molar-refractivity contribution in [3.63, 3.8) is 0 Å². The molecule has 134 valence electrons. The number of nitrogens with one attached hydrogen (secondary N) is 1. The van der Waals surface area contributed by atoms with Crippen LogP contribution in [0, 0.1) is 11.7 Å². The lowest BCUT2D eigenvalue weighted by molar-refractivity contribution is -0.113. The van der Waals surface area contributed by atoms with E-state index in [9.17, 15) is 17.6 Å². The van der Waals surface area contributed by atoms with E-state index in [0.717, 1.165) is 36.1 Å². The summed E-state index contributed by atoms with van der Waals surface area (Å²) in [7, 11) is -2.67. The molecule has 1 heterocycles. The van der Waals surface area contributed by atoms with Crippen LogP contribution in [0.2, 0.25) is 5.02 Å². The summed E-state index contributed by atoms with van der Waals surface area (Å²) in [4.78, 5) is 12.5. The third-order valence-electron chi connectivity index (χ3n) is 4.37. The topological polar surface area (TPSA) is 78.8 Å². The maximum Gasteiger partial charge on any atom is 0.344 e. The number of carbonyl (C=O) groups is 1. The third-order valence-corrected chi connectivity index (χ3v) is 5.99. The molecule has 0 atom stereocenters. The Morgan fingerprint density at radius 1 is 1.36 bits per heavy atom. The molecule has 1 aliphatic heterocycles. The van der Waals surface area contributed by atoms with Crippen LogP contribution in [-0.2, 0) is 15.0 Å². The van der Waals surface area contributed by atoms with Gasteiger partial charge in [-0.25, -0.2) is 8.70 Å². The van der Waals surface area contributed by atoms with E-state index in [2.05, 4.69) is 9.71 Å². The molecule has 1 N–H and O–H groups in total. The van der Waals surface area contributed by atoms with Crippen molar-refractivity contribution in [2.24, 2.45) is 10.3 Å². The van der Waals surface area contributed by atoms with Gasteiger partial charge in [0.15, 0.2) is 0 Å². The highest BCUT2D eigenvalue weighted by Crippen LogP contribution is 2.30. The normalized spacial score (nSPS) is 20.2. The van der Waals surface area contributed by atoms with Crippen LogP contribution in [0.5, 0.6) is 0 Å². The predicted molar refractivity (Wildman–Crippen MR) is 94.2 cm³/mol. The number of rotatable bonds is 3. The van der Waals surface area contributed by atoms with Crippen molar-refractivity contribution in [1.82, 2.24) is 4.31 Å². The Morgan fingerprint density at radius 3 is 2.68 bits per heavy atom. The number of nitrogens with zero attached hydrogens (tertiary/aromatic N) is 2. The molecular weight excluding hydrogens is 369 g/mol. The fraction of sp³-hybridized carbons (Fsp3) is 0.375. The van der Waals surface area contributed by atoms with Gasteiger partial charge in [0, 0.05) is 18.7 Å². The number of benzene rings is 1. The largest absolute Gasteiger partial charge is 0.344 e. The molecule has 6 nitrogen and oxygen atoms in total. The van der Waals surface area contributed by atoms with Gasteiger partial charge in [0.05, 0.1) is 10.7 Å². The summed E-state index contributed by atoms with van der Waals surface area (Å²) in [6.45, 7) is 0. The van der Waals surface area contributed by atoms with Gasteiger partial charge < -0.3 is 5.32 Å². The molecule has 0 radical (unpaired) electrons. The molecule has 0 bridgehead atoms. The van der Waals surface area contributed by atoms with Crippen LogP contribution in [0.3, 0.4) is 0 Å². The fourth-order valence-electron chi connectivity index (χ4n) is 2.97. The number of carbonyl (C=O) groups excluding carboxylic acids is 1. The predicted octanol–water partition coefficient (Wildman–Crippen LogP) is 3.12. The van der Waals surface area contributed by atoms with E-state index >= 15 is 0 Å². The van der Waals surface area contributed by atoms with Crippen LogP contribution >= 0.6 is 11.6 Å². The van der Waals surface area contributed by atoms with E-state index in [4.69, 9.17) is 11.6 Å². The molecule has 9 heteroatoms. The van der Waals surface area contributed by atoms with Gasteiger partial charge in [-0.2, -0.15) is 8.42 Å².